The van der Waals surface area contributed by atoms with Gasteiger partial charge in [0.2, 0.25) is 5.91 Å². The van der Waals surface area contributed by atoms with E-state index in [9.17, 15) is 4.79 Å². The lowest BCUT2D eigenvalue weighted by molar-refractivity contribution is -0.118. The van der Waals surface area contributed by atoms with Crippen LogP contribution in [0.5, 0.6) is 0 Å². The molecule has 18 heavy (non-hydrogen) atoms. The second kappa shape index (κ2) is 5.98. The average molecular weight is 241 g/mol. The van der Waals surface area contributed by atoms with E-state index >= 15 is 0 Å². The summed E-state index contributed by atoms with van der Waals surface area (Å²) in [5.74, 6) is -0.116. The van der Waals surface area contributed by atoms with Crippen molar-refractivity contribution in [2.45, 2.75) is 6.42 Å². The summed E-state index contributed by atoms with van der Waals surface area (Å²) >= 11 is 0. The molecule has 0 atom stereocenters. The Labute approximate surface area is 106 Å². The maximum absolute atomic E-state index is 12.1. The fourth-order valence-electron chi connectivity index (χ4n) is 1.80. The van der Waals surface area contributed by atoms with Crippen LogP contribution < -0.4 is 4.90 Å². The first kappa shape index (κ1) is 12.3. The van der Waals surface area contributed by atoms with Crippen LogP contribution in [0, 0.1) is 0 Å². The quantitative estimate of drug-likeness (QED) is 0.894. The van der Waals surface area contributed by atoms with Crippen LogP contribution in [0.3, 0.4) is 0 Å². The molecule has 3 heteroatoms. The summed E-state index contributed by atoms with van der Waals surface area (Å²) in [7, 11) is 0. The summed E-state index contributed by atoms with van der Waals surface area (Å²) in [4.78, 5) is 13.7. The first-order valence-corrected chi connectivity index (χ1v) is 5.87. The molecule has 0 aliphatic rings. The molecule has 0 unspecified atom stereocenters. The van der Waals surface area contributed by atoms with Crippen LogP contribution in [0.15, 0.2) is 60.7 Å². The predicted molar refractivity (Wildman–Crippen MR) is 71.7 cm³/mol. The van der Waals surface area contributed by atoms with E-state index in [1.54, 1.807) is 4.90 Å². The van der Waals surface area contributed by atoms with Crippen molar-refractivity contribution in [1.29, 1.82) is 0 Å². The van der Waals surface area contributed by atoms with E-state index in [4.69, 9.17) is 5.11 Å². The highest BCUT2D eigenvalue weighted by molar-refractivity contribution is 6.00. The third-order valence-corrected chi connectivity index (χ3v) is 2.60. The first-order valence-electron chi connectivity index (χ1n) is 5.87. The van der Waals surface area contributed by atoms with Crippen LogP contribution in [-0.4, -0.2) is 17.6 Å². The minimum absolute atomic E-state index is 0.115. The summed E-state index contributed by atoms with van der Waals surface area (Å²) in [5.41, 5.74) is 1.62. The zero-order valence-corrected chi connectivity index (χ0v) is 9.99. The second-order valence-electron chi connectivity index (χ2n) is 3.87. The van der Waals surface area contributed by atoms with E-state index in [0.29, 0.717) is 0 Å². The van der Waals surface area contributed by atoms with Crippen molar-refractivity contribution in [1.82, 2.24) is 0 Å². The van der Waals surface area contributed by atoms with E-state index in [-0.39, 0.29) is 18.9 Å². The van der Waals surface area contributed by atoms with Gasteiger partial charge in [-0.3, -0.25) is 9.69 Å². The third-order valence-electron chi connectivity index (χ3n) is 2.60. The van der Waals surface area contributed by atoms with Gasteiger partial charge in [0.1, 0.15) is 0 Å². The molecule has 0 fully saturated rings. The lowest BCUT2D eigenvalue weighted by Gasteiger charge is -2.22. The van der Waals surface area contributed by atoms with E-state index < -0.39 is 0 Å². The Hall–Kier alpha value is -2.13. The molecule has 0 aliphatic carbocycles. The van der Waals surface area contributed by atoms with Gasteiger partial charge in [-0.25, -0.2) is 0 Å². The molecular weight excluding hydrogens is 226 g/mol. The second-order valence-corrected chi connectivity index (χ2v) is 3.87. The number of rotatable bonds is 4. The lowest BCUT2D eigenvalue weighted by Crippen LogP contribution is -2.26. The summed E-state index contributed by atoms with van der Waals surface area (Å²) in [6.07, 6.45) is 0.115. The van der Waals surface area contributed by atoms with Crippen LogP contribution in [-0.2, 0) is 4.79 Å². The summed E-state index contributed by atoms with van der Waals surface area (Å²) in [6.45, 7) is -0.144. The average Bonchev–Trinajstić information content (AvgIpc) is 2.42. The lowest BCUT2D eigenvalue weighted by atomic mass is 10.2. The molecule has 0 bridgehead atoms. The zero-order chi connectivity index (χ0) is 12.8. The molecule has 2 rings (SSSR count). The molecule has 1 N–H and O–H groups in total. The minimum atomic E-state index is -0.144. The Morgan fingerprint density at radius 1 is 0.889 bits per heavy atom. The zero-order valence-electron chi connectivity index (χ0n) is 9.99. The molecule has 0 saturated heterocycles. The number of hydrogen-bond donors (Lipinski definition) is 1. The molecule has 3 nitrogen and oxygen atoms in total. The van der Waals surface area contributed by atoms with Crippen LogP contribution in [0.25, 0.3) is 0 Å². The van der Waals surface area contributed by atoms with Gasteiger partial charge in [-0.1, -0.05) is 36.4 Å². The van der Waals surface area contributed by atoms with Gasteiger partial charge in [0, 0.05) is 11.4 Å². The molecule has 0 radical (unpaired) electrons. The standard InChI is InChI=1S/C15H15NO2/c17-12-11-15(18)16(13-7-3-1-4-8-13)14-9-5-2-6-10-14/h1-10,17H,11-12H2. The largest absolute Gasteiger partial charge is 0.396 e. The Bertz CT molecular complexity index is 457. The molecular formula is C15H15NO2. The van der Waals surface area contributed by atoms with Crippen molar-refractivity contribution in [3.63, 3.8) is 0 Å². The van der Waals surface area contributed by atoms with Crippen LogP contribution in [0.1, 0.15) is 6.42 Å². The molecule has 0 spiro atoms. The van der Waals surface area contributed by atoms with Gasteiger partial charge in [-0.15, -0.1) is 0 Å². The van der Waals surface area contributed by atoms with Crippen LogP contribution in [0.4, 0.5) is 11.4 Å². The monoisotopic (exact) mass is 241 g/mol. The topological polar surface area (TPSA) is 40.5 Å². The molecule has 2 aromatic rings. The van der Waals surface area contributed by atoms with Gasteiger partial charge in [0.25, 0.3) is 0 Å². The molecule has 2 aromatic carbocycles. The summed E-state index contributed by atoms with van der Waals surface area (Å²) in [6, 6.07) is 18.9. The smallest absolute Gasteiger partial charge is 0.233 e. The number of aliphatic hydroxyl groups is 1. The predicted octanol–water partition coefficient (Wildman–Crippen LogP) is 2.73. The third kappa shape index (κ3) is 2.76. The van der Waals surface area contributed by atoms with E-state index in [0.717, 1.165) is 11.4 Å². The van der Waals surface area contributed by atoms with Crippen molar-refractivity contribution in [3.8, 4) is 0 Å². The number of aliphatic hydroxyl groups excluding tert-OH is 1. The maximum atomic E-state index is 12.1. The minimum Gasteiger partial charge on any atom is -0.396 e. The van der Waals surface area contributed by atoms with Gasteiger partial charge in [-0.2, -0.15) is 0 Å². The Morgan fingerprint density at radius 2 is 1.33 bits per heavy atom. The number of para-hydroxylation sites is 2. The number of carbonyl (C=O) groups is 1. The maximum Gasteiger partial charge on any atom is 0.233 e. The molecule has 92 valence electrons. The fourth-order valence-corrected chi connectivity index (χ4v) is 1.80. The van der Waals surface area contributed by atoms with Crippen molar-refractivity contribution in [2.75, 3.05) is 11.5 Å². The molecule has 1 amide bonds. The number of amides is 1. The molecule has 0 aliphatic heterocycles. The Morgan fingerprint density at radius 3 is 1.72 bits per heavy atom. The number of nitrogens with zero attached hydrogens (tertiary/aromatic N) is 1. The Balaban J connectivity index is 2.38. The number of hydrogen-bond acceptors (Lipinski definition) is 2. The van der Waals surface area contributed by atoms with E-state index in [1.165, 1.54) is 0 Å². The summed E-state index contributed by atoms with van der Waals surface area (Å²) in [5, 5.41) is 8.93. The van der Waals surface area contributed by atoms with Gasteiger partial charge in [0.15, 0.2) is 0 Å². The van der Waals surface area contributed by atoms with Gasteiger partial charge in [-0.05, 0) is 24.3 Å². The molecule has 0 heterocycles. The number of anilines is 2. The van der Waals surface area contributed by atoms with Crippen LogP contribution >= 0.6 is 0 Å². The van der Waals surface area contributed by atoms with E-state index in [1.807, 2.05) is 60.7 Å². The van der Waals surface area contributed by atoms with Crippen molar-refractivity contribution < 1.29 is 9.90 Å². The van der Waals surface area contributed by atoms with Crippen molar-refractivity contribution in [2.24, 2.45) is 0 Å². The normalized spacial score (nSPS) is 10.1. The van der Waals surface area contributed by atoms with Crippen LogP contribution in [0.2, 0.25) is 0 Å². The Kier molecular flexibility index (Phi) is 4.10. The number of carbonyl (C=O) groups excluding carboxylic acids is 1. The van der Waals surface area contributed by atoms with Gasteiger partial charge >= 0.3 is 0 Å². The first-order chi connectivity index (χ1) is 8.83. The number of benzene rings is 2. The molecule has 0 aromatic heterocycles. The molecule has 0 saturated carbocycles. The van der Waals surface area contributed by atoms with E-state index in [2.05, 4.69) is 0 Å². The van der Waals surface area contributed by atoms with Gasteiger partial charge < -0.3 is 5.11 Å². The summed E-state index contributed by atoms with van der Waals surface area (Å²) < 4.78 is 0. The highest BCUT2D eigenvalue weighted by Gasteiger charge is 2.16. The highest BCUT2D eigenvalue weighted by atomic mass is 16.3. The fraction of sp³-hybridized carbons (Fsp3) is 0.133. The van der Waals surface area contributed by atoms with Crippen molar-refractivity contribution >= 4 is 17.3 Å². The highest BCUT2D eigenvalue weighted by Crippen LogP contribution is 2.25. The SMILES string of the molecule is O=C(CCO)N(c1ccccc1)c1ccccc1. The van der Waals surface area contributed by atoms with Gasteiger partial charge in [0.05, 0.1) is 13.0 Å². The van der Waals surface area contributed by atoms with Crippen molar-refractivity contribution in [3.05, 3.63) is 60.7 Å².